The average Bonchev–Trinajstić information content (AvgIpc) is 2.61. The van der Waals surface area contributed by atoms with Crippen LogP contribution in [0.4, 0.5) is 0 Å². The van der Waals surface area contributed by atoms with Crippen LogP contribution < -0.4 is 5.32 Å². The number of rotatable bonds is 7. The molecule has 0 saturated heterocycles. The molecule has 0 aliphatic rings. The normalized spacial score (nSPS) is 12.8. The summed E-state index contributed by atoms with van der Waals surface area (Å²) >= 11 is 5.89. The topological polar surface area (TPSA) is 86.7 Å². The van der Waals surface area contributed by atoms with Crippen LogP contribution >= 0.6 is 11.6 Å². The van der Waals surface area contributed by atoms with E-state index in [0.717, 1.165) is 4.31 Å². The van der Waals surface area contributed by atoms with Gasteiger partial charge in [0.2, 0.25) is 10.0 Å². The molecule has 0 unspecified atom stereocenters. The zero-order chi connectivity index (χ0) is 19.3. The molecule has 26 heavy (non-hydrogen) atoms. The minimum Gasteiger partial charge on any atom is -0.388 e. The maximum absolute atomic E-state index is 12.1. The maximum atomic E-state index is 12.1. The number of halogens is 1. The van der Waals surface area contributed by atoms with E-state index in [9.17, 15) is 18.3 Å². The molecule has 2 N–H and O–H groups in total. The van der Waals surface area contributed by atoms with Gasteiger partial charge >= 0.3 is 0 Å². The summed E-state index contributed by atoms with van der Waals surface area (Å²) in [6, 6.07) is 12.6. The van der Waals surface area contributed by atoms with E-state index >= 15 is 0 Å². The molecule has 6 nitrogen and oxygen atoms in total. The van der Waals surface area contributed by atoms with E-state index in [1.54, 1.807) is 24.3 Å². The molecule has 0 saturated carbocycles. The van der Waals surface area contributed by atoms with Crippen molar-refractivity contribution in [3.8, 4) is 0 Å². The molecule has 0 aliphatic carbocycles. The summed E-state index contributed by atoms with van der Waals surface area (Å²) < 4.78 is 25.1. The van der Waals surface area contributed by atoms with Gasteiger partial charge in [0.1, 0.15) is 0 Å². The number of nitrogens with one attached hydrogen (secondary N) is 1. The van der Waals surface area contributed by atoms with Gasteiger partial charge in [0.15, 0.2) is 0 Å². The Morgan fingerprint density at radius 2 is 1.85 bits per heavy atom. The largest absolute Gasteiger partial charge is 0.388 e. The Labute approximate surface area is 158 Å². The van der Waals surface area contributed by atoms with Crippen LogP contribution in [-0.4, -0.2) is 44.4 Å². The number of carbonyl (C=O) groups excluding carboxylic acids is 1. The summed E-state index contributed by atoms with van der Waals surface area (Å²) in [5, 5.41) is 13.4. The predicted molar refractivity (Wildman–Crippen MR) is 101 cm³/mol. The Balaban J connectivity index is 1.92. The lowest BCUT2D eigenvalue weighted by Crippen LogP contribution is -2.26. The predicted octanol–water partition coefficient (Wildman–Crippen LogP) is 2.44. The highest BCUT2D eigenvalue weighted by Gasteiger charge is 2.17. The molecule has 8 heteroatoms. The molecule has 2 aromatic carbocycles. The first kappa shape index (κ1) is 20.4. The summed E-state index contributed by atoms with van der Waals surface area (Å²) in [4.78, 5) is 12.3. The van der Waals surface area contributed by atoms with Crippen molar-refractivity contribution in [2.24, 2.45) is 0 Å². The fraction of sp³-hybridized carbons (Fsp3) is 0.278. The minimum absolute atomic E-state index is 0.121. The highest BCUT2D eigenvalue weighted by molar-refractivity contribution is 7.89. The van der Waals surface area contributed by atoms with E-state index in [1.807, 2.05) is 0 Å². The van der Waals surface area contributed by atoms with Crippen LogP contribution in [0, 0.1) is 0 Å². The Kier molecular flexibility index (Phi) is 6.77. The van der Waals surface area contributed by atoms with Crippen molar-refractivity contribution in [2.75, 3.05) is 20.6 Å². The molecule has 0 aromatic heterocycles. The average molecular weight is 397 g/mol. The molecular formula is C18H21ClN2O4S. The van der Waals surface area contributed by atoms with Gasteiger partial charge in [-0.1, -0.05) is 23.7 Å². The molecule has 2 aromatic rings. The van der Waals surface area contributed by atoms with Crippen molar-refractivity contribution in [1.82, 2.24) is 9.62 Å². The lowest BCUT2D eigenvalue weighted by Gasteiger charge is -2.13. The van der Waals surface area contributed by atoms with Crippen LogP contribution in [0.25, 0.3) is 0 Å². The van der Waals surface area contributed by atoms with Crippen molar-refractivity contribution < 1.29 is 18.3 Å². The van der Waals surface area contributed by atoms with E-state index in [4.69, 9.17) is 11.6 Å². The molecule has 0 aliphatic heterocycles. The summed E-state index contributed by atoms with van der Waals surface area (Å²) in [6.07, 6.45) is -0.402. The van der Waals surface area contributed by atoms with E-state index < -0.39 is 16.1 Å². The van der Waals surface area contributed by atoms with Gasteiger partial charge in [-0.05, 0) is 48.4 Å². The van der Waals surface area contributed by atoms with Crippen molar-refractivity contribution in [2.45, 2.75) is 17.4 Å². The Morgan fingerprint density at radius 1 is 1.19 bits per heavy atom. The fourth-order valence-electron chi connectivity index (χ4n) is 2.29. The fourth-order valence-corrected chi connectivity index (χ4v) is 3.39. The van der Waals surface area contributed by atoms with Crippen LogP contribution in [0.15, 0.2) is 53.4 Å². The van der Waals surface area contributed by atoms with Crippen molar-refractivity contribution in [1.29, 1.82) is 0 Å². The van der Waals surface area contributed by atoms with Gasteiger partial charge in [-0.2, -0.15) is 0 Å². The first-order valence-electron chi connectivity index (χ1n) is 7.96. The van der Waals surface area contributed by atoms with E-state index in [0.29, 0.717) is 22.6 Å². The van der Waals surface area contributed by atoms with Gasteiger partial charge < -0.3 is 10.4 Å². The van der Waals surface area contributed by atoms with Gasteiger partial charge in [0, 0.05) is 31.2 Å². The molecule has 0 fully saturated rings. The Hall–Kier alpha value is -1.93. The smallest absolute Gasteiger partial charge is 0.251 e. The highest BCUT2D eigenvalue weighted by Crippen LogP contribution is 2.20. The first-order chi connectivity index (χ1) is 12.2. The molecule has 2 rings (SSSR count). The summed E-state index contributed by atoms with van der Waals surface area (Å²) in [5.41, 5.74) is 1.03. The molecule has 140 valence electrons. The third-order valence-electron chi connectivity index (χ3n) is 3.83. The molecule has 1 atom stereocenters. The molecule has 0 heterocycles. The standard InChI is InChI=1S/C18H21ClN2O4S/c1-21(2)26(24,25)16-8-6-13(7-9-16)18(23)20-11-10-17(22)14-4-3-5-15(19)12-14/h3-9,12,17,22H,10-11H2,1-2H3,(H,20,23)/t17-/m0/s1. The van der Waals surface area contributed by atoms with Crippen molar-refractivity contribution in [3.05, 3.63) is 64.7 Å². The number of nitrogens with zero attached hydrogens (tertiary/aromatic N) is 1. The second-order valence-electron chi connectivity index (χ2n) is 5.93. The van der Waals surface area contributed by atoms with Crippen molar-refractivity contribution >= 4 is 27.5 Å². The van der Waals surface area contributed by atoms with Gasteiger partial charge in [-0.25, -0.2) is 12.7 Å². The van der Waals surface area contributed by atoms with Gasteiger partial charge in [-0.3, -0.25) is 4.79 Å². The molecule has 0 spiro atoms. The van der Waals surface area contributed by atoms with E-state index in [1.165, 1.54) is 38.4 Å². The number of sulfonamides is 1. The lowest BCUT2D eigenvalue weighted by atomic mass is 10.1. The van der Waals surface area contributed by atoms with E-state index in [-0.39, 0.29) is 17.3 Å². The quantitative estimate of drug-likeness (QED) is 0.752. The zero-order valence-electron chi connectivity index (χ0n) is 14.5. The van der Waals surface area contributed by atoms with Crippen LogP contribution in [0.1, 0.15) is 28.4 Å². The number of benzene rings is 2. The Morgan fingerprint density at radius 3 is 2.42 bits per heavy atom. The minimum atomic E-state index is -3.52. The van der Waals surface area contributed by atoms with Gasteiger partial charge in [0.05, 0.1) is 11.0 Å². The number of amides is 1. The molecule has 1 amide bonds. The van der Waals surface area contributed by atoms with Gasteiger partial charge in [-0.15, -0.1) is 0 Å². The van der Waals surface area contributed by atoms with Gasteiger partial charge in [0.25, 0.3) is 5.91 Å². The van der Waals surface area contributed by atoms with Crippen LogP contribution in [0.2, 0.25) is 5.02 Å². The summed E-state index contributed by atoms with van der Waals surface area (Å²) in [6.45, 7) is 0.268. The zero-order valence-corrected chi connectivity index (χ0v) is 16.1. The molecule has 0 radical (unpaired) electrons. The second-order valence-corrected chi connectivity index (χ2v) is 8.52. The summed E-state index contributed by atoms with van der Waals surface area (Å²) in [5.74, 6) is -0.336. The first-order valence-corrected chi connectivity index (χ1v) is 9.78. The molecular weight excluding hydrogens is 376 g/mol. The SMILES string of the molecule is CN(C)S(=O)(=O)c1ccc(C(=O)NCC[C@H](O)c2cccc(Cl)c2)cc1. The van der Waals surface area contributed by atoms with E-state index in [2.05, 4.69) is 5.32 Å². The van der Waals surface area contributed by atoms with Crippen LogP contribution in [0.5, 0.6) is 0 Å². The van der Waals surface area contributed by atoms with Crippen molar-refractivity contribution in [3.63, 3.8) is 0 Å². The molecule has 0 bridgehead atoms. The summed E-state index contributed by atoms with van der Waals surface area (Å²) in [7, 11) is -0.633. The lowest BCUT2D eigenvalue weighted by molar-refractivity contribution is 0.0942. The number of hydrogen-bond acceptors (Lipinski definition) is 4. The number of hydrogen-bond donors (Lipinski definition) is 2. The number of aliphatic hydroxyl groups is 1. The number of aliphatic hydroxyl groups excluding tert-OH is 1. The Bertz CT molecular complexity index is 867. The highest BCUT2D eigenvalue weighted by atomic mass is 35.5. The maximum Gasteiger partial charge on any atom is 0.251 e. The third kappa shape index (κ3) is 5.04. The third-order valence-corrected chi connectivity index (χ3v) is 5.90. The second kappa shape index (κ2) is 8.64. The van der Waals surface area contributed by atoms with Crippen LogP contribution in [-0.2, 0) is 10.0 Å². The monoisotopic (exact) mass is 396 g/mol. The number of carbonyl (C=O) groups is 1. The van der Waals surface area contributed by atoms with Crippen LogP contribution in [0.3, 0.4) is 0 Å².